The monoisotopic (exact) mass is 149 g/mol. The lowest BCUT2D eigenvalue weighted by atomic mass is 10.3. The van der Waals surface area contributed by atoms with Crippen molar-refractivity contribution in [2.75, 3.05) is 0 Å². The van der Waals surface area contributed by atoms with Crippen molar-refractivity contribution in [2.24, 2.45) is 4.99 Å². The Labute approximate surface area is 63.6 Å². The van der Waals surface area contributed by atoms with Crippen molar-refractivity contribution in [3.8, 4) is 0 Å². The van der Waals surface area contributed by atoms with Crippen molar-refractivity contribution in [3.05, 3.63) is 11.9 Å². The third kappa shape index (κ3) is 0.880. The number of nitrogens with zero attached hydrogens (tertiary/aromatic N) is 3. The molecule has 11 heavy (non-hydrogen) atoms. The molecule has 0 spiro atoms. The van der Waals surface area contributed by atoms with Crippen LogP contribution in [0.1, 0.15) is 12.1 Å². The normalized spacial score (nSPS) is 14.2. The van der Waals surface area contributed by atoms with E-state index in [1.165, 1.54) is 11.8 Å². The van der Waals surface area contributed by atoms with Crippen molar-refractivity contribution < 1.29 is 4.79 Å². The van der Waals surface area contributed by atoms with E-state index in [0.29, 0.717) is 5.95 Å². The number of hydrogen-bond acceptors (Lipinski definition) is 3. The van der Waals surface area contributed by atoms with Crippen LogP contribution in [0.3, 0.4) is 0 Å². The maximum absolute atomic E-state index is 9.93. The van der Waals surface area contributed by atoms with Crippen LogP contribution in [0.5, 0.6) is 0 Å². The molecule has 0 amide bonds. The van der Waals surface area contributed by atoms with Gasteiger partial charge < -0.3 is 4.57 Å². The summed E-state index contributed by atoms with van der Waals surface area (Å²) in [5, 5.41) is 0. The quantitative estimate of drug-likeness (QED) is 0.438. The Balaban J connectivity index is 2.49. The highest BCUT2D eigenvalue weighted by atomic mass is 16.1. The van der Waals surface area contributed by atoms with E-state index in [1.807, 2.05) is 4.57 Å². The molecule has 0 saturated carbocycles. The molecule has 1 aliphatic rings. The summed E-state index contributed by atoms with van der Waals surface area (Å²) in [6.07, 6.45) is 5.43. The highest BCUT2D eigenvalue weighted by Crippen LogP contribution is 2.20. The van der Waals surface area contributed by atoms with Crippen LogP contribution in [0.25, 0.3) is 0 Å². The van der Waals surface area contributed by atoms with Gasteiger partial charge in [-0.05, 0) is 12.8 Å². The number of rotatable bonds is 1. The van der Waals surface area contributed by atoms with E-state index < -0.39 is 0 Å². The van der Waals surface area contributed by atoms with Gasteiger partial charge in [0.05, 0.1) is 6.20 Å². The van der Waals surface area contributed by atoms with Gasteiger partial charge in [-0.2, -0.15) is 0 Å². The average Bonchev–Trinajstić information content (AvgIpc) is 2.53. The molecule has 0 atom stereocenters. The minimum atomic E-state index is 0.493. The Hall–Kier alpha value is -1.41. The van der Waals surface area contributed by atoms with Crippen molar-refractivity contribution in [1.82, 2.24) is 9.55 Å². The molecule has 1 aliphatic heterocycles. The second-order valence-electron chi connectivity index (χ2n) is 2.51. The smallest absolute Gasteiger partial charge is 0.243 e. The number of carbonyl (C=O) groups excluding carboxylic acids is 1. The largest absolute Gasteiger partial charge is 0.312 e. The third-order valence-corrected chi connectivity index (χ3v) is 1.88. The number of aliphatic imine (C=N–C) groups is 1. The molecule has 0 radical (unpaired) electrons. The summed E-state index contributed by atoms with van der Waals surface area (Å²) in [5.41, 5.74) is 1.17. The van der Waals surface area contributed by atoms with Crippen LogP contribution in [0.2, 0.25) is 0 Å². The van der Waals surface area contributed by atoms with Gasteiger partial charge in [-0.1, -0.05) is 0 Å². The minimum Gasteiger partial charge on any atom is -0.312 e. The summed E-state index contributed by atoms with van der Waals surface area (Å²) in [6.45, 7) is 0.926. The summed E-state index contributed by atoms with van der Waals surface area (Å²) in [7, 11) is 0. The maximum Gasteiger partial charge on any atom is 0.243 e. The topological polar surface area (TPSA) is 47.2 Å². The lowest BCUT2D eigenvalue weighted by molar-refractivity contribution is 0.564. The molecule has 4 nitrogen and oxygen atoms in total. The Morgan fingerprint density at radius 1 is 1.73 bits per heavy atom. The molecule has 2 rings (SSSR count). The molecule has 1 aromatic rings. The van der Waals surface area contributed by atoms with E-state index in [4.69, 9.17) is 0 Å². The molecule has 0 N–H and O–H groups in total. The van der Waals surface area contributed by atoms with Crippen LogP contribution in [-0.2, 0) is 17.8 Å². The van der Waals surface area contributed by atoms with Crippen molar-refractivity contribution in [2.45, 2.75) is 19.4 Å². The number of isocyanates is 1. The summed E-state index contributed by atoms with van der Waals surface area (Å²) >= 11 is 0. The van der Waals surface area contributed by atoms with Crippen LogP contribution in [0.4, 0.5) is 5.95 Å². The van der Waals surface area contributed by atoms with Gasteiger partial charge in [0.25, 0.3) is 0 Å². The van der Waals surface area contributed by atoms with Gasteiger partial charge in [-0.25, -0.2) is 9.78 Å². The molecule has 0 bridgehead atoms. The van der Waals surface area contributed by atoms with Gasteiger partial charge in [-0.3, -0.25) is 0 Å². The summed E-state index contributed by atoms with van der Waals surface area (Å²) < 4.78 is 1.95. The first-order valence-electron chi connectivity index (χ1n) is 3.54. The Bertz CT molecular complexity index is 322. The number of fused-ring (bicyclic) bond motifs is 1. The second kappa shape index (κ2) is 2.32. The standard InChI is InChI=1S/C7H7N3O/c11-5-9-7-8-4-6-2-1-3-10(6)7/h4H,1-3H2. The molecule has 56 valence electrons. The van der Waals surface area contributed by atoms with Gasteiger partial charge in [-0.15, -0.1) is 4.99 Å². The highest BCUT2D eigenvalue weighted by molar-refractivity contribution is 5.42. The van der Waals surface area contributed by atoms with Crippen LogP contribution in [-0.4, -0.2) is 15.6 Å². The van der Waals surface area contributed by atoms with Crippen LogP contribution >= 0.6 is 0 Å². The molecular formula is C7H7N3O. The fraction of sp³-hybridized carbons (Fsp3) is 0.429. The predicted octanol–water partition coefficient (Wildman–Crippen LogP) is 0.797. The van der Waals surface area contributed by atoms with E-state index in [0.717, 1.165) is 19.4 Å². The highest BCUT2D eigenvalue weighted by Gasteiger charge is 2.14. The SMILES string of the molecule is O=C=Nc1ncc2n1CCC2. The fourth-order valence-corrected chi connectivity index (χ4v) is 1.39. The molecule has 1 aromatic heterocycles. The Morgan fingerprint density at radius 2 is 2.64 bits per heavy atom. The number of hydrogen-bond donors (Lipinski definition) is 0. The summed E-state index contributed by atoms with van der Waals surface area (Å²) in [5.74, 6) is 0.493. The van der Waals surface area contributed by atoms with E-state index in [1.54, 1.807) is 6.20 Å². The van der Waals surface area contributed by atoms with Gasteiger partial charge >= 0.3 is 0 Å². The molecule has 2 heterocycles. The van der Waals surface area contributed by atoms with Gasteiger partial charge in [0.1, 0.15) is 0 Å². The molecule has 0 fully saturated rings. The Morgan fingerprint density at radius 3 is 3.45 bits per heavy atom. The fourth-order valence-electron chi connectivity index (χ4n) is 1.39. The van der Waals surface area contributed by atoms with Gasteiger partial charge in [0, 0.05) is 12.2 Å². The predicted molar refractivity (Wildman–Crippen MR) is 38.3 cm³/mol. The first-order valence-corrected chi connectivity index (χ1v) is 3.54. The summed E-state index contributed by atoms with van der Waals surface area (Å²) in [6, 6.07) is 0. The lowest BCUT2D eigenvalue weighted by Crippen LogP contribution is -1.90. The van der Waals surface area contributed by atoms with E-state index in [2.05, 4.69) is 9.98 Å². The van der Waals surface area contributed by atoms with Crippen LogP contribution < -0.4 is 0 Å². The van der Waals surface area contributed by atoms with E-state index in [9.17, 15) is 4.79 Å². The van der Waals surface area contributed by atoms with Crippen molar-refractivity contribution >= 4 is 12.0 Å². The minimum absolute atomic E-state index is 0.493. The first kappa shape index (κ1) is 6.31. The zero-order valence-corrected chi connectivity index (χ0v) is 5.95. The average molecular weight is 149 g/mol. The summed E-state index contributed by atoms with van der Waals surface area (Å²) in [4.78, 5) is 17.4. The molecular weight excluding hydrogens is 142 g/mol. The number of imidazole rings is 1. The van der Waals surface area contributed by atoms with Crippen molar-refractivity contribution in [3.63, 3.8) is 0 Å². The number of aromatic nitrogens is 2. The Kier molecular flexibility index (Phi) is 1.33. The van der Waals surface area contributed by atoms with E-state index in [-0.39, 0.29) is 0 Å². The van der Waals surface area contributed by atoms with E-state index >= 15 is 0 Å². The molecule has 0 unspecified atom stereocenters. The number of aryl methyl sites for hydroxylation is 1. The zero-order chi connectivity index (χ0) is 7.68. The van der Waals surface area contributed by atoms with Crippen LogP contribution in [0.15, 0.2) is 11.2 Å². The molecule has 0 aromatic carbocycles. The van der Waals surface area contributed by atoms with Gasteiger partial charge in [0.15, 0.2) is 0 Å². The van der Waals surface area contributed by atoms with Crippen LogP contribution in [0, 0.1) is 0 Å². The van der Waals surface area contributed by atoms with Gasteiger partial charge in [0.2, 0.25) is 12.0 Å². The zero-order valence-electron chi connectivity index (χ0n) is 5.95. The molecule has 4 heteroatoms. The second-order valence-corrected chi connectivity index (χ2v) is 2.51. The maximum atomic E-state index is 9.93. The molecule has 0 saturated heterocycles. The van der Waals surface area contributed by atoms with Crippen molar-refractivity contribution in [1.29, 1.82) is 0 Å². The first-order chi connectivity index (χ1) is 5.42. The third-order valence-electron chi connectivity index (χ3n) is 1.88. The lowest BCUT2D eigenvalue weighted by Gasteiger charge is -1.94. The molecule has 0 aliphatic carbocycles.